The summed E-state index contributed by atoms with van der Waals surface area (Å²) in [7, 11) is -3.26. The molecular formula is C11H15F2NO3S. The Labute approximate surface area is 105 Å². The molecule has 1 rings (SSSR count). The number of hydrogen-bond acceptors (Lipinski definition) is 3. The Morgan fingerprint density at radius 2 is 1.89 bits per heavy atom. The molecule has 0 aromatic heterocycles. The van der Waals surface area contributed by atoms with Crippen LogP contribution in [-0.4, -0.2) is 20.8 Å². The van der Waals surface area contributed by atoms with Gasteiger partial charge in [0.2, 0.25) is 10.0 Å². The van der Waals surface area contributed by atoms with Crippen LogP contribution in [-0.2, 0) is 16.6 Å². The van der Waals surface area contributed by atoms with E-state index in [0.29, 0.717) is 12.0 Å². The van der Waals surface area contributed by atoms with Crippen molar-refractivity contribution < 1.29 is 21.9 Å². The molecule has 0 spiro atoms. The first kappa shape index (κ1) is 14.8. The lowest BCUT2D eigenvalue weighted by Crippen LogP contribution is -2.25. The first-order chi connectivity index (χ1) is 8.43. The Morgan fingerprint density at radius 3 is 2.39 bits per heavy atom. The van der Waals surface area contributed by atoms with Gasteiger partial charge in [0, 0.05) is 6.54 Å². The van der Waals surface area contributed by atoms with E-state index in [0.717, 1.165) is 0 Å². The topological polar surface area (TPSA) is 55.4 Å². The van der Waals surface area contributed by atoms with Gasteiger partial charge in [-0.1, -0.05) is 19.1 Å². The van der Waals surface area contributed by atoms with Crippen LogP contribution < -0.4 is 9.46 Å². The van der Waals surface area contributed by atoms with E-state index >= 15 is 0 Å². The molecule has 0 amide bonds. The number of rotatable bonds is 7. The van der Waals surface area contributed by atoms with Crippen LogP contribution in [0.2, 0.25) is 0 Å². The van der Waals surface area contributed by atoms with Gasteiger partial charge in [0.15, 0.2) is 0 Å². The second kappa shape index (κ2) is 6.65. The maximum Gasteiger partial charge on any atom is 0.387 e. The van der Waals surface area contributed by atoms with Crippen molar-refractivity contribution in [2.75, 3.05) is 5.75 Å². The molecule has 1 aromatic carbocycles. The second-order valence-corrected chi connectivity index (χ2v) is 5.59. The summed E-state index contributed by atoms with van der Waals surface area (Å²) in [6.07, 6.45) is 0.538. The summed E-state index contributed by atoms with van der Waals surface area (Å²) in [6.45, 7) is -0.952. The molecule has 1 aromatic rings. The minimum atomic E-state index is -3.26. The Bertz CT molecular complexity index is 460. The van der Waals surface area contributed by atoms with Crippen LogP contribution in [0.4, 0.5) is 8.78 Å². The minimum Gasteiger partial charge on any atom is -0.435 e. The van der Waals surface area contributed by atoms with Crippen LogP contribution in [0.1, 0.15) is 18.9 Å². The van der Waals surface area contributed by atoms with Gasteiger partial charge in [0.05, 0.1) is 5.75 Å². The van der Waals surface area contributed by atoms with E-state index in [-0.39, 0.29) is 18.0 Å². The number of ether oxygens (including phenoxy) is 1. The number of sulfonamides is 1. The van der Waals surface area contributed by atoms with Crippen LogP contribution in [0.25, 0.3) is 0 Å². The minimum absolute atomic E-state index is 0.0464. The molecule has 0 bridgehead atoms. The van der Waals surface area contributed by atoms with Crippen LogP contribution >= 0.6 is 0 Å². The standard InChI is InChI=1S/C11H15F2NO3S/c1-2-7-18(15,16)14-8-9-3-5-10(6-4-9)17-11(12)13/h3-6,11,14H,2,7-8H2,1H3. The molecule has 0 heterocycles. The SMILES string of the molecule is CCCS(=O)(=O)NCc1ccc(OC(F)F)cc1. The summed E-state index contributed by atoms with van der Waals surface area (Å²) in [5.41, 5.74) is 0.677. The van der Waals surface area contributed by atoms with Gasteiger partial charge in [-0.05, 0) is 24.1 Å². The van der Waals surface area contributed by atoms with Gasteiger partial charge >= 0.3 is 6.61 Å². The van der Waals surface area contributed by atoms with Gasteiger partial charge in [0.25, 0.3) is 0 Å². The van der Waals surface area contributed by atoms with Crippen molar-refractivity contribution in [2.45, 2.75) is 26.5 Å². The predicted octanol–water partition coefficient (Wildman–Crippen LogP) is 2.12. The van der Waals surface area contributed by atoms with E-state index in [1.54, 1.807) is 6.92 Å². The molecule has 0 unspecified atom stereocenters. The van der Waals surface area contributed by atoms with E-state index in [1.807, 2.05) is 0 Å². The molecule has 0 aliphatic carbocycles. The molecule has 0 saturated carbocycles. The summed E-state index contributed by atoms with van der Waals surface area (Å²) in [4.78, 5) is 0. The fourth-order valence-electron chi connectivity index (χ4n) is 1.32. The molecule has 18 heavy (non-hydrogen) atoms. The highest BCUT2D eigenvalue weighted by Crippen LogP contribution is 2.14. The van der Waals surface area contributed by atoms with Gasteiger partial charge in [-0.3, -0.25) is 0 Å². The smallest absolute Gasteiger partial charge is 0.387 e. The van der Waals surface area contributed by atoms with Crippen LogP contribution in [0, 0.1) is 0 Å². The van der Waals surface area contributed by atoms with Crippen molar-refractivity contribution in [3.63, 3.8) is 0 Å². The summed E-state index contributed by atoms with van der Waals surface area (Å²) < 4.78 is 53.2. The molecule has 0 aliphatic heterocycles. The van der Waals surface area contributed by atoms with E-state index in [1.165, 1.54) is 24.3 Å². The van der Waals surface area contributed by atoms with Crippen LogP contribution in [0.3, 0.4) is 0 Å². The number of benzene rings is 1. The van der Waals surface area contributed by atoms with E-state index in [2.05, 4.69) is 9.46 Å². The Balaban J connectivity index is 2.54. The lowest BCUT2D eigenvalue weighted by molar-refractivity contribution is -0.0498. The van der Waals surface area contributed by atoms with E-state index in [9.17, 15) is 17.2 Å². The van der Waals surface area contributed by atoms with Gasteiger partial charge in [-0.15, -0.1) is 0 Å². The lowest BCUT2D eigenvalue weighted by Gasteiger charge is -2.07. The third-order valence-electron chi connectivity index (χ3n) is 2.12. The first-order valence-corrected chi connectivity index (χ1v) is 7.09. The van der Waals surface area contributed by atoms with E-state index in [4.69, 9.17) is 0 Å². The molecule has 4 nitrogen and oxygen atoms in total. The number of nitrogens with one attached hydrogen (secondary N) is 1. The highest BCUT2D eigenvalue weighted by molar-refractivity contribution is 7.89. The maximum atomic E-state index is 11.9. The zero-order valence-corrected chi connectivity index (χ0v) is 10.7. The fraction of sp³-hybridized carbons (Fsp3) is 0.455. The predicted molar refractivity (Wildman–Crippen MR) is 64.0 cm³/mol. The summed E-state index contributed by atoms with van der Waals surface area (Å²) >= 11 is 0. The number of alkyl halides is 2. The van der Waals surface area contributed by atoms with Crippen molar-refractivity contribution in [3.8, 4) is 5.75 Å². The maximum absolute atomic E-state index is 11.9. The third-order valence-corrected chi connectivity index (χ3v) is 3.65. The molecule has 0 atom stereocenters. The van der Waals surface area contributed by atoms with Gasteiger partial charge in [-0.2, -0.15) is 8.78 Å². The molecule has 0 fully saturated rings. The normalized spacial score (nSPS) is 11.8. The van der Waals surface area contributed by atoms with Crippen molar-refractivity contribution in [2.24, 2.45) is 0 Å². The van der Waals surface area contributed by atoms with E-state index < -0.39 is 16.6 Å². The average Bonchev–Trinajstić information content (AvgIpc) is 2.27. The molecule has 1 N–H and O–H groups in total. The Kier molecular flexibility index (Phi) is 5.49. The highest BCUT2D eigenvalue weighted by atomic mass is 32.2. The van der Waals surface area contributed by atoms with Crippen molar-refractivity contribution in [3.05, 3.63) is 29.8 Å². The van der Waals surface area contributed by atoms with Crippen molar-refractivity contribution in [1.82, 2.24) is 4.72 Å². The first-order valence-electron chi connectivity index (χ1n) is 5.44. The zero-order valence-electron chi connectivity index (χ0n) is 9.90. The molecule has 0 saturated heterocycles. The van der Waals surface area contributed by atoms with Crippen molar-refractivity contribution >= 4 is 10.0 Å². The molecular weight excluding hydrogens is 264 g/mol. The van der Waals surface area contributed by atoms with Crippen LogP contribution in [0.5, 0.6) is 5.75 Å². The quantitative estimate of drug-likeness (QED) is 0.831. The average molecular weight is 279 g/mol. The summed E-state index contributed by atoms with van der Waals surface area (Å²) in [5.74, 6) is 0.115. The summed E-state index contributed by atoms with van der Waals surface area (Å²) in [6, 6.07) is 5.81. The van der Waals surface area contributed by atoms with Gasteiger partial charge in [-0.25, -0.2) is 13.1 Å². The molecule has 0 radical (unpaired) electrons. The van der Waals surface area contributed by atoms with Crippen molar-refractivity contribution in [1.29, 1.82) is 0 Å². The molecule has 0 aliphatic rings. The summed E-state index contributed by atoms with van der Waals surface area (Å²) in [5, 5.41) is 0. The molecule has 7 heteroatoms. The van der Waals surface area contributed by atoms with Crippen LogP contribution in [0.15, 0.2) is 24.3 Å². The Hall–Kier alpha value is -1.21. The third kappa shape index (κ3) is 5.42. The van der Waals surface area contributed by atoms with Gasteiger partial charge in [0.1, 0.15) is 5.75 Å². The monoisotopic (exact) mass is 279 g/mol. The largest absolute Gasteiger partial charge is 0.435 e. The van der Waals surface area contributed by atoms with Gasteiger partial charge < -0.3 is 4.74 Å². The number of hydrogen-bond donors (Lipinski definition) is 1. The number of halogens is 2. The lowest BCUT2D eigenvalue weighted by atomic mass is 10.2. The fourth-order valence-corrected chi connectivity index (χ4v) is 2.39. The zero-order chi connectivity index (χ0) is 13.6. The second-order valence-electron chi connectivity index (χ2n) is 3.66. The highest BCUT2D eigenvalue weighted by Gasteiger charge is 2.08. The Morgan fingerprint density at radius 1 is 1.28 bits per heavy atom. The molecule has 102 valence electrons.